The number of carbonyl (C=O) groups excluding carboxylic acids is 1. The Morgan fingerprint density at radius 3 is 2.21 bits per heavy atom. The highest BCUT2D eigenvalue weighted by Crippen LogP contribution is 2.23. The zero-order valence-corrected chi connectivity index (χ0v) is 16.8. The maximum absolute atomic E-state index is 12.7. The van der Waals surface area contributed by atoms with Crippen LogP contribution in [0, 0.1) is 5.92 Å². The van der Waals surface area contributed by atoms with Gasteiger partial charge in [-0.15, -0.1) is 0 Å². The van der Waals surface area contributed by atoms with Gasteiger partial charge < -0.3 is 15.3 Å². The minimum absolute atomic E-state index is 0.0374. The molecular formula is C24H30N2O3. The molecule has 1 aliphatic heterocycles. The Labute approximate surface area is 172 Å². The molecule has 1 aliphatic rings. The first-order valence-electron chi connectivity index (χ1n) is 10.4. The summed E-state index contributed by atoms with van der Waals surface area (Å²) in [5, 5.41) is 12.1. The van der Waals surface area contributed by atoms with E-state index >= 15 is 0 Å². The molecule has 5 heteroatoms. The Hall–Kier alpha value is -2.66. The predicted octanol–water partition coefficient (Wildman–Crippen LogP) is 3.86. The summed E-state index contributed by atoms with van der Waals surface area (Å²) in [5.41, 5.74) is 2.14. The molecule has 154 valence electrons. The van der Waals surface area contributed by atoms with E-state index in [1.165, 1.54) is 0 Å². The fraction of sp³-hybridized carbons (Fsp3) is 0.417. The highest BCUT2D eigenvalue weighted by atomic mass is 16.4. The van der Waals surface area contributed by atoms with Crippen molar-refractivity contribution in [3.05, 3.63) is 71.8 Å². The van der Waals surface area contributed by atoms with Crippen LogP contribution in [-0.2, 0) is 9.59 Å². The van der Waals surface area contributed by atoms with Gasteiger partial charge >= 0.3 is 5.97 Å². The fourth-order valence-electron chi connectivity index (χ4n) is 4.06. The van der Waals surface area contributed by atoms with E-state index in [-0.39, 0.29) is 18.4 Å². The van der Waals surface area contributed by atoms with Crippen LogP contribution in [0.2, 0.25) is 0 Å². The van der Waals surface area contributed by atoms with Crippen molar-refractivity contribution >= 4 is 11.9 Å². The molecule has 5 nitrogen and oxygen atoms in total. The second-order valence-electron chi connectivity index (χ2n) is 7.81. The van der Waals surface area contributed by atoms with E-state index in [1.54, 1.807) is 0 Å². The van der Waals surface area contributed by atoms with E-state index in [9.17, 15) is 9.59 Å². The second kappa shape index (κ2) is 10.8. The molecule has 2 aromatic rings. The monoisotopic (exact) mass is 394 g/mol. The van der Waals surface area contributed by atoms with E-state index in [4.69, 9.17) is 5.11 Å². The first-order valence-corrected chi connectivity index (χ1v) is 10.4. The molecule has 3 rings (SSSR count). The Morgan fingerprint density at radius 2 is 1.62 bits per heavy atom. The molecule has 0 aliphatic carbocycles. The van der Waals surface area contributed by atoms with Crippen LogP contribution in [-0.4, -0.2) is 41.5 Å². The van der Waals surface area contributed by atoms with Gasteiger partial charge in [-0.25, -0.2) is 0 Å². The molecule has 1 heterocycles. The van der Waals surface area contributed by atoms with E-state index in [0.29, 0.717) is 18.9 Å². The zero-order chi connectivity index (χ0) is 20.5. The molecule has 29 heavy (non-hydrogen) atoms. The largest absolute Gasteiger partial charge is 0.481 e. The predicted molar refractivity (Wildman–Crippen MR) is 114 cm³/mol. The maximum atomic E-state index is 12.7. The third-order valence-corrected chi connectivity index (χ3v) is 5.60. The molecule has 1 atom stereocenters. The van der Waals surface area contributed by atoms with Gasteiger partial charge in [0.05, 0.1) is 6.04 Å². The van der Waals surface area contributed by atoms with Crippen LogP contribution in [0.25, 0.3) is 0 Å². The van der Waals surface area contributed by atoms with Gasteiger partial charge in [-0.05, 0) is 42.9 Å². The number of nitrogens with zero attached hydrogens (tertiary/aromatic N) is 1. The second-order valence-corrected chi connectivity index (χ2v) is 7.81. The molecule has 1 unspecified atom stereocenters. The number of amides is 1. The number of rotatable bonds is 9. The van der Waals surface area contributed by atoms with Crippen molar-refractivity contribution < 1.29 is 14.7 Å². The van der Waals surface area contributed by atoms with Crippen molar-refractivity contribution in [3.63, 3.8) is 0 Å². The summed E-state index contributed by atoms with van der Waals surface area (Å²) in [5.74, 6) is -0.269. The fourth-order valence-corrected chi connectivity index (χ4v) is 4.06. The Kier molecular flexibility index (Phi) is 7.82. The van der Waals surface area contributed by atoms with Crippen molar-refractivity contribution in [2.24, 2.45) is 5.92 Å². The Bertz CT molecular complexity index is 740. The van der Waals surface area contributed by atoms with Crippen LogP contribution in [0.1, 0.15) is 49.3 Å². The number of likely N-dealkylation sites (tertiary alicyclic amines) is 1. The number of carbonyl (C=O) groups is 2. The quantitative estimate of drug-likeness (QED) is 0.678. The molecular weight excluding hydrogens is 364 g/mol. The lowest BCUT2D eigenvalue weighted by Gasteiger charge is -2.32. The molecule has 1 saturated heterocycles. The number of benzene rings is 2. The normalized spacial score (nSPS) is 17.2. The standard InChI is InChI=1S/C24H30N2O3/c27-22(15-17-26-16-7-8-19(18-26)13-14-23(28)29)25-24(20-9-3-1-4-10-20)21-11-5-2-6-12-21/h1-6,9-12,19,24H,7-8,13-18H2,(H,25,27)(H,28,29). The molecule has 0 spiro atoms. The average molecular weight is 395 g/mol. The lowest BCUT2D eigenvalue weighted by atomic mass is 9.93. The third-order valence-electron chi connectivity index (χ3n) is 5.60. The number of hydrogen-bond acceptors (Lipinski definition) is 3. The molecule has 0 aromatic heterocycles. The van der Waals surface area contributed by atoms with Crippen molar-refractivity contribution in [2.75, 3.05) is 19.6 Å². The van der Waals surface area contributed by atoms with Crippen LogP contribution < -0.4 is 5.32 Å². The van der Waals surface area contributed by atoms with Crippen LogP contribution >= 0.6 is 0 Å². The summed E-state index contributed by atoms with van der Waals surface area (Å²) in [7, 11) is 0. The van der Waals surface area contributed by atoms with E-state index < -0.39 is 5.97 Å². The van der Waals surface area contributed by atoms with E-state index in [1.807, 2.05) is 60.7 Å². The summed E-state index contributed by atoms with van der Waals surface area (Å²) in [6, 6.07) is 19.9. The highest BCUT2D eigenvalue weighted by Gasteiger charge is 2.22. The molecule has 2 N–H and O–H groups in total. The number of aliphatic carboxylic acids is 1. The number of nitrogens with one attached hydrogen (secondary N) is 1. The number of carboxylic acid groups (broad SMARTS) is 1. The third kappa shape index (κ3) is 6.71. The van der Waals surface area contributed by atoms with Crippen LogP contribution in [0.3, 0.4) is 0 Å². The van der Waals surface area contributed by atoms with Gasteiger partial charge in [0, 0.05) is 25.9 Å². The number of carboxylic acids is 1. The number of piperidine rings is 1. The van der Waals surface area contributed by atoms with Crippen LogP contribution in [0.15, 0.2) is 60.7 Å². The van der Waals surface area contributed by atoms with Crippen molar-refractivity contribution in [1.29, 1.82) is 0 Å². The molecule has 0 radical (unpaired) electrons. The van der Waals surface area contributed by atoms with Crippen LogP contribution in [0.4, 0.5) is 0 Å². The summed E-state index contributed by atoms with van der Waals surface area (Å²) in [6.45, 7) is 2.59. The minimum atomic E-state index is -0.727. The highest BCUT2D eigenvalue weighted by molar-refractivity contribution is 5.77. The lowest BCUT2D eigenvalue weighted by Crippen LogP contribution is -2.38. The molecule has 1 fully saturated rings. The summed E-state index contributed by atoms with van der Waals surface area (Å²) in [6.07, 6.45) is 3.56. The van der Waals surface area contributed by atoms with Gasteiger partial charge in [0.1, 0.15) is 0 Å². The SMILES string of the molecule is O=C(O)CCC1CCCN(CCC(=O)NC(c2ccccc2)c2ccccc2)C1. The first-order chi connectivity index (χ1) is 14.1. The van der Waals surface area contributed by atoms with Crippen molar-refractivity contribution in [1.82, 2.24) is 10.2 Å². The van der Waals surface area contributed by atoms with Gasteiger partial charge in [0.25, 0.3) is 0 Å². The van der Waals surface area contributed by atoms with Gasteiger partial charge in [0.2, 0.25) is 5.91 Å². The molecule has 0 saturated carbocycles. The molecule has 1 amide bonds. The van der Waals surface area contributed by atoms with E-state index in [0.717, 1.165) is 43.5 Å². The van der Waals surface area contributed by atoms with Crippen LogP contribution in [0.5, 0.6) is 0 Å². The summed E-state index contributed by atoms with van der Waals surface area (Å²) < 4.78 is 0. The first kappa shape index (κ1) is 21.1. The van der Waals surface area contributed by atoms with Gasteiger partial charge in [-0.1, -0.05) is 60.7 Å². The number of hydrogen-bond donors (Lipinski definition) is 2. The molecule has 0 bridgehead atoms. The average Bonchev–Trinajstić information content (AvgIpc) is 2.76. The van der Waals surface area contributed by atoms with Gasteiger partial charge in [0.15, 0.2) is 0 Å². The molecule has 2 aromatic carbocycles. The van der Waals surface area contributed by atoms with E-state index in [2.05, 4.69) is 10.2 Å². The lowest BCUT2D eigenvalue weighted by molar-refractivity contribution is -0.137. The maximum Gasteiger partial charge on any atom is 0.303 e. The topological polar surface area (TPSA) is 69.6 Å². The zero-order valence-electron chi connectivity index (χ0n) is 16.8. The van der Waals surface area contributed by atoms with Crippen molar-refractivity contribution in [3.8, 4) is 0 Å². The van der Waals surface area contributed by atoms with Gasteiger partial charge in [-0.2, -0.15) is 0 Å². The Morgan fingerprint density at radius 1 is 1.00 bits per heavy atom. The summed E-state index contributed by atoms with van der Waals surface area (Å²) >= 11 is 0. The summed E-state index contributed by atoms with van der Waals surface area (Å²) in [4.78, 5) is 25.8. The van der Waals surface area contributed by atoms with Crippen molar-refractivity contribution in [2.45, 2.75) is 38.1 Å². The van der Waals surface area contributed by atoms with Gasteiger partial charge in [-0.3, -0.25) is 9.59 Å². The Balaban J connectivity index is 1.54. The smallest absolute Gasteiger partial charge is 0.303 e. The minimum Gasteiger partial charge on any atom is -0.481 e.